The lowest BCUT2D eigenvalue weighted by molar-refractivity contribution is 0.646. The van der Waals surface area contributed by atoms with Crippen LogP contribution in [0, 0.1) is 20.8 Å². The molecule has 0 aliphatic rings. The minimum absolute atomic E-state index is 0.119. The van der Waals surface area contributed by atoms with Gasteiger partial charge in [-0.1, -0.05) is 17.7 Å². The highest BCUT2D eigenvalue weighted by molar-refractivity contribution is 5.37. The lowest BCUT2D eigenvalue weighted by atomic mass is 10.00. The Morgan fingerprint density at radius 2 is 1.83 bits per heavy atom. The molecule has 1 heterocycles. The van der Waals surface area contributed by atoms with E-state index in [0.29, 0.717) is 5.82 Å². The van der Waals surface area contributed by atoms with E-state index >= 15 is 0 Å². The van der Waals surface area contributed by atoms with Crippen molar-refractivity contribution in [3.63, 3.8) is 0 Å². The molecule has 1 aromatic carbocycles. The van der Waals surface area contributed by atoms with Crippen molar-refractivity contribution in [3.05, 3.63) is 46.5 Å². The van der Waals surface area contributed by atoms with E-state index in [4.69, 9.17) is 5.73 Å². The van der Waals surface area contributed by atoms with Crippen molar-refractivity contribution in [3.8, 4) is 0 Å². The Morgan fingerprint density at radius 1 is 1.22 bits per heavy atom. The molecule has 4 heteroatoms. The van der Waals surface area contributed by atoms with E-state index in [1.807, 2.05) is 11.6 Å². The molecule has 2 N–H and O–H groups in total. The monoisotopic (exact) mass is 244 g/mol. The van der Waals surface area contributed by atoms with Crippen LogP contribution in [0.5, 0.6) is 0 Å². The van der Waals surface area contributed by atoms with Crippen molar-refractivity contribution in [2.24, 2.45) is 5.73 Å². The second kappa shape index (κ2) is 4.90. The number of benzene rings is 1. The van der Waals surface area contributed by atoms with Crippen LogP contribution in [0.3, 0.4) is 0 Å². The number of nitrogens with zero attached hydrogens (tertiary/aromatic N) is 3. The van der Waals surface area contributed by atoms with Crippen LogP contribution in [0.1, 0.15) is 41.0 Å². The minimum atomic E-state index is -0.119. The van der Waals surface area contributed by atoms with Crippen molar-refractivity contribution in [1.82, 2.24) is 14.8 Å². The number of aryl methyl sites for hydroxylation is 3. The van der Waals surface area contributed by atoms with Crippen molar-refractivity contribution in [2.45, 2.75) is 40.3 Å². The van der Waals surface area contributed by atoms with Gasteiger partial charge in [0, 0.05) is 0 Å². The molecule has 0 amide bonds. The van der Waals surface area contributed by atoms with E-state index in [-0.39, 0.29) is 6.04 Å². The Balaban J connectivity index is 2.28. The summed E-state index contributed by atoms with van der Waals surface area (Å²) in [6.45, 7) is 9.03. The summed E-state index contributed by atoms with van der Waals surface area (Å²) in [5.41, 5.74) is 11.0. The normalized spacial score (nSPS) is 12.7. The molecule has 1 atom stereocenters. The van der Waals surface area contributed by atoms with Crippen molar-refractivity contribution in [1.29, 1.82) is 0 Å². The Bertz CT molecular complexity index is 532. The Kier molecular flexibility index (Phi) is 3.48. The van der Waals surface area contributed by atoms with E-state index in [1.165, 1.54) is 22.3 Å². The average molecular weight is 244 g/mol. The summed E-state index contributed by atoms with van der Waals surface area (Å²) in [5.74, 6) is 0.692. The highest BCUT2D eigenvalue weighted by Gasteiger charge is 2.08. The molecule has 4 nitrogen and oxygen atoms in total. The summed E-state index contributed by atoms with van der Waals surface area (Å²) in [6.07, 6.45) is 1.75. The zero-order chi connectivity index (χ0) is 13.3. The van der Waals surface area contributed by atoms with Gasteiger partial charge in [0.1, 0.15) is 6.33 Å². The van der Waals surface area contributed by atoms with Gasteiger partial charge < -0.3 is 5.73 Å². The highest BCUT2D eigenvalue weighted by Crippen LogP contribution is 2.17. The zero-order valence-corrected chi connectivity index (χ0v) is 11.4. The first-order valence-electron chi connectivity index (χ1n) is 6.19. The van der Waals surface area contributed by atoms with Gasteiger partial charge in [0.25, 0.3) is 0 Å². The molecule has 0 saturated carbocycles. The minimum Gasteiger partial charge on any atom is -0.321 e. The summed E-state index contributed by atoms with van der Waals surface area (Å²) < 4.78 is 1.85. The molecule has 2 rings (SSSR count). The van der Waals surface area contributed by atoms with E-state index in [9.17, 15) is 0 Å². The van der Waals surface area contributed by atoms with Crippen LogP contribution in [0.15, 0.2) is 18.5 Å². The number of aromatic nitrogens is 3. The van der Waals surface area contributed by atoms with Crippen LogP contribution in [-0.4, -0.2) is 14.8 Å². The molecule has 0 bridgehead atoms. The third-order valence-electron chi connectivity index (χ3n) is 3.12. The van der Waals surface area contributed by atoms with Crippen LogP contribution < -0.4 is 5.73 Å². The van der Waals surface area contributed by atoms with Gasteiger partial charge in [-0.25, -0.2) is 9.67 Å². The van der Waals surface area contributed by atoms with Gasteiger partial charge in [-0.3, -0.25) is 0 Å². The third-order valence-corrected chi connectivity index (χ3v) is 3.12. The number of nitrogens with two attached hydrogens (primary N) is 1. The molecule has 0 aliphatic heterocycles. The molecule has 0 radical (unpaired) electrons. The maximum atomic E-state index is 5.76. The van der Waals surface area contributed by atoms with E-state index in [1.54, 1.807) is 6.33 Å². The molecule has 0 fully saturated rings. The van der Waals surface area contributed by atoms with Crippen LogP contribution in [0.2, 0.25) is 0 Å². The van der Waals surface area contributed by atoms with Crippen molar-refractivity contribution in [2.75, 3.05) is 0 Å². The molecule has 2 aromatic rings. The smallest absolute Gasteiger partial charge is 0.166 e. The molecule has 96 valence electrons. The van der Waals surface area contributed by atoms with Gasteiger partial charge in [-0.05, 0) is 44.4 Å². The van der Waals surface area contributed by atoms with Gasteiger partial charge in [0.15, 0.2) is 5.82 Å². The van der Waals surface area contributed by atoms with Crippen LogP contribution in [-0.2, 0) is 6.54 Å². The summed E-state index contributed by atoms with van der Waals surface area (Å²) >= 11 is 0. The Hall–Kier alpha value is -1.68. The molecule has 1 aromatic heterocycles. The largest absolute Gasteiger partial charge is 0.321 e. The average Bonchev–Trinajstić information content (AvgIpc) is 2.71. The molecule has 0 spiro atoms. The number of hydrogen-bond donors (Lipinski definition) is 1. The standard InChI is InChI=1S/C14H20N4/c1-9-5-10(2)13(11(3)6-9)7-18-8-16-14(17-18)12(4)15/h5-6,8,12H,7,15H2,1-4H3. The molecular weight excluding hydrogens is 224 g/mol. The van der Waals surface area contributed by atoms with E-state index in [0.717, 1.165) is 6.54 Å². The summed E-state index contributed by atoms with van der Waals surface area (Å²) in [7, 11) is 0. The quantitative estimate of drug-likeness (QED) is 0.901. The summed E-state index contributed by atoms with van der Waals surface area (Å²) in [5, 5.41) is 4.39. The van der Waals surface area contributed by atoms with Gasteiger partial charge in [-0.15, -0.1) is 0 Å². The Labute approximate surface area is 108 Å². The van der Waals surface area contributed by atoms with Crippen LogP contribution in [0.25, 0.3) is 0 Å². The first kappa shape index (κ1) is 12.8. The maximum absolute atomic E-state index is 5.76. The molecular formula is C14H20N4. The fourth-order valence-corrected chi connectivity index (χ4v) is 2.22. The molecule has 0 aliphatic carbocycles. The van der Waals surface area contributed by atoms with Gasteiger partial charge in [0.2, 0.25) is 0 Å². The topological polar surface area (TPSA) is 56.7 Å². The lowest BCUT2D eigenvalue weighted by Crippen LogP contribution is -2.09. The molecule has 0 saturated heterocycles. The zero-order valence-electron chi connectivity index (χ0n) is 11.4. The van der Waals surface area contributed by atoms with Gasteiger partial charge >= 0.3 is 0 Å². The lowest BCUT2D eigenvalue weighted by Gasteiger charge is -2.11. The number of rotatable bonds is 3. The number of hydrogen-bond acceptors (Lipinski definition) is 3. The van der Waals surface area contributed by atoms with Gasteiger partial charge in [-0.2, -0.15) is 5.10 Å². The van der Waals surface area contributed by atoms with Crippen LogP contribution in [0.4, 0.5) is 0 Å². The third kappa shape index (κ3) is 2.59. The summed E-state index contributed by atoms with van der Waals surface area (Å²) in [6, 6.07) is 4.28. The summed E-state index contributed by atoms with van der Waals surface area (Å²) in [4.78, 5) is 4.22. The molecule has 1 unspecified atom stereocenters. The Morgan fingerprint density at radius 3 is 2.33 bits per heavy atom. The predicted molar refractivity (Wildman–Crippen MR) is 72.4 cm³/mol. The second-order valence-corrected chi connectivity index (χ2v) is 4.97. The van der Waals surface area contributed by atoms with Gasteiger partial charge in [0.05, 0.1) is 12.6 Å². The fraction of sp³-hybridized carbons (Fsp3) is 0.429. The van der Waals surface area contributed by atoms with Crippen LogP contribution >= 0.6 is 0 Å². The first-order valence-corrected chi connectivity index (χ1v) is 6.19. The maximum Gasteiger partial charge on any atom is 0.166 e. The first-order chi connectivity index (χ1) is 8.47. The predicted octanol–water partition coefficient (Wildman–Crippen LogP) is 2.27. The molecule has 18 heavy (non-hydrogen) atoms. The highest BCUT2D eigenvalue weighted by atomic mass is 15.3. The van der Waals surface area contributed by atoms with E-state index < -0.39 is 0 Å². The van der Waals surface area contributed by atoms with Crippen molar-refractivity contribution >= 4 is 0 Å². The fourth-order valence-electron chi connectivity index (χ4n) is 2.22. The van der Waals surface area contributed by atoms with E-state index in [2.05, 4.69) is 43.0 Å². The van der Waals surface area contributed by atoms with Crippen molar-refractivity contribution < 1.29 is 0 Å². The SMILES string of the molecule is Cc1cc(C)c(Cn2cnc(C(C)N)n2)c(C)c1. The second-order valence-electron chi connectivity index (χ2n) is 4.97.